The standard InChI is InChI=1S/C16H21NOS/c1-3-17-13(2)15-4-6-16(7-5-15)18-10-8-14-9-11-19-12-14/h4-7,9,11-13,17H,3,8,10H2,1-2H3. The Morgan fingerprint density at radius 1 is 1.21 bits per heavy atom. The minimum Gasteiger partial charge on any atom is -0.493 e. The van der Waals surface area contributed by atoms with E-state index < -0.39 is 0 Å². The number of ether oxygens (including phenoxy) is 1. The second kappa shape index (κ2) is 7.31. The van der Waals surface area contributed by atoms with E-state index in [0.717, 1.165) is 25.3 Å². The maximum Gasteiger partial charge on any atom is 0.119 e. The third-order valence-electron chi connectivity index (χ3n) is 3.13. The molecule has 1 N–H and O–H groups in total. The first kappa shape index (κ1) is 14.1. The Hall–Kier alpha value is -1.32. The zero-order chi connectivity index (χ0) is 13.5. The highest BCUT2D eigenvalue weighted by Gasteiger charge is 2.03. The Kier molecular flexibility index (Phi) is 5.43. The largest absolute Gasteiger partial charge is 0.493 e. The van der Waals surface area contributed by atoms with E-state index in [2.05, 4.69) is 60.3 Å². The van der Waals surface area contributed by atoms with Crippen LogP contribution in [-0.4, -0.2) is 13.2 Å². The molecule has 3 heteroatoms. The van der Waals surface area contributed by atoms with Crippen molar-refractivity contribution in [3.8, 4) is 5.75 Å². The number of nitrogens with one attached hydrogen (secondary N) is 1. The molecule has 0 radical (unpaired) electrons. The first-order valence-corrected chi connectivity index (χ1v) is 7.71. The van der Waals surface area contributed by atoms with Crippen molar-refractivity contribution < 1.29 is 4.74 Å². The fourth-order valence-corrected chi connectivity index (χ4v) is 2.70. The van der Waals surface area contributed by atoms with Crippen LogP contribution in [0, 0.1) is 0 Å². The van der Waals surface area contributed by atoms with Crippen molar-refractivity contribution in [2.45, 2.75) is 26.3 Å². The molecule has 0 amide bonds. The molecule has 102 valence electrons. The van der Waals surface area contributed by atoms with Gasteiger partial charge in [0, 0.05) is 12.5 Å². The summed E-state index contributed by atoms with van der Waals surface area (Å²) in [5.74, 6) is 0.947. The van der Waals surface area contributed by atoms with Crippen LogP contribution in [0.25, 0.3) is 0 Å². The minimum atomic E-state index is 0.393. The van der Waals surface area contributed by atoms with Crippen LogP contribution in [0.1, 0.15) is 31.0 Å². The summed E-state index contributed by atoms with van der Waals surface area (Å²) in [6.07, 6.45) is 0.971. The molecular formula is C16H21NOS. The number of rotatable bonds is 7. The lowest BCUT2D eigenvalue weighted by Gasteiger charge is -2.13. The van der Waals surface area contributed by atoms with Gasteiger partial charge in [-0.25, -0.2) is 0 Å². The van der Waals surface area contributed by atoms with E-state index in [1.165, 1.54) is 11.1 Å². The van der Waals surface area contributed by atoms with E-state index in [0.29, 0.717) is 6.04 Å². The molecule has 2 aromatic rings. The van der Waals surface area contributed by atoms with Crippen molar-refractivity contribution in [2.24, 2.45) is 0 Å². The van der Waals surface area contributed by atoms with Gasteiger partial charge in [0.15, 0.2) is 0 Å². The number of hydrogen-bond donors (Lipinski definition) is 1. The topological polar surface area (TPSA) is 21.3 Å². The summed E-state index contributed by atoms with van der Waals surface area (Å²) in [6, 6.07) is 10.9. The molecule has 0 bridgehead atoms. The molecule has 2 nitrogen and oxygen atoms in total. The lowest BCUT2D eigenvalue weighted by atomic mass is 10.1. The van der Waals surface area contributed by atoms with Crippen LogP contribution in [0.3, 0.4) is 0 Å². The van der Waals surface area contributed by atoms with Gasteiger partial charge in [-0.2, -0.15) is 11.3 Å². The number of hydrogen-bond acceptors (Lipinski definition) is 3. The van der Waals surface area contributed by atoms with Crippen LogP contribution >= 0.6 is 11.3 Å². The predicted molar refractivity (Wildman–Crippen MR) is 82.1 cm³/mol. The van der Waals surface area contributed by atoms with E-state index in [1.807, 2.05) is 0 Å². The lowest BCUT2D eigenvalue weighted by molar-refractivity contribution is 0.322. The Morgan fingerprint density at radius 2 is 2.00 bits per heavy atom. The zero-order valence-corrected chi connectivity index (χ0v) is 12.4. The van der Waals surface area contributed by atoms with Crippen LogP contribution in [0.15, 0.2) is 41.1 Å². The Bertz CT molecular complexity index is 464. The molecule has 1 heterocycles. The maximum absolute atomic E-state index is 5.76. The van der Waals surface area contributed by atoms with Gasteiger partial charge in [-0.15, -0.1) is 0 Å². The van der Waals surface area contributed by atoms with Crippen LogP contribution in [0.4, 0.5) is 0 Å². The molecule has 1 aromatic heterocycles. The highest BCUT2D eigenvalue weighted by atomic mass is 32.1. The summed E-state index contributed by atoms with van der Waals surface area (Å²) in [6.45, 7) is 6.02. The number of thiophene rings is 1. The van der Waals surface area contributed by atoms with E-state index in [1.54, 1.807) is 11.3 Å². The fraction of sp³-hybridized carbons (Fsp3) is 0.375. The maximum atomic E-state index is 5.76. The second-order valence-corrected chi connectivity index (χ2v) is 5.36. The van der Waals surface area contributed by atoms with Crippen molar-refractivity contribution in [1.82, 2.24) is 5.32 Å². The van der Waals surface area contributed by atoms with Crippen molar-refractivity contribution in [1.29, 1.82) is 0 Å². The third kappa shape index (κ3) is 4.37. The summed E-state index contributed by atoms with van der Waals surface area (Å²) in [7, 11) is 0. The molecule has 0 saturated heterocycles. The van der Waals surface area contributed by atoms with E-state index in [9.17, 15) is 0 Å². The average molecular weight is 275 g/mol. The van der Waals surface area contributed by atoms with Gasteiger partial charge in [0.1, 0.15) is 5.75 Å². The van der Waals surface area contributed by atoms with Gasteiger partial charge < -0.3 is 10.1 Å². The average Bonchev–Trinajstić information content (AvgIpc) is 2.93. The van der Waals surface area contributed by atoms with Gasteiger partial charge in [0.2, 0.25) is 0 Å². The van der Waals surface area contributed by atoms with Gasteiger partial charge in [-0.1, -0.05) is 19.1 Å². The second-order valence-electron chi connectivity index (χ2n) is 4.58. The number of benzene rings is 1. The highest BCUT2D eigenvalue weighted by molar-refractivity contribution is 7.07. The fourth-order valence-electron chi connectivity index (χ4n) is 2.00. The highest BCUT2D eigenvalue weighted by Crippen LogP contribution is 2.18. The molecule has 2 rings (SSSR count). The zero-order valence-electron chi connectivity index (χ0n) is 11.6. The monoisotopic (exact) mass is 275 g/mol. The van der Waals surface area contributed by atoms with Crippen LogP contribution in [0.5, 0.6) is 5.75 Å². The summed E-state index contributed by atoms with van der Waals surface area (Å²) >= 11 is 1.73. The van der Waals surface area contributed by atoms with Gasteiger partial charge in [-0.3, -0.25) is 0 Å². The smallest absolute Gasteiger partial charge is 0.119 e. The molecule has 19 heavy (non-hydrogen) atoms. The molecule has 0 saturated carbocycles. The molecule has 0 aliphatic carbocycles. The van der Waals surface area contributed by atoms with Crippen molar-refractivity contribution in [3.63, 3.8) is 0 Å². The summed E-state index contributed by atoms with van der Waals surface area (Å²) < 4.78 is 5.76. The minimum absolute atomic E-state index is 0.393. The lowest BCUT2D eigenvalue weighted by Crippen LogP contribution is -2.17. The molecule has 0 spiro atoms. The van der Waals surface area contributed by atoms with Crippen molar-refractivity contribution in [2.75, 3.05) is 13.2 Å². The third-order valence-corrected chi connectivity index (χ3v) is 3.86. The molecule has 0 aliphatic heterocycles. The summed E-state index contributed by atoms with van der Waals surface area (Å²) in [5, 5.41) is 7.68. The van der Waals surface area contributed by atoms with Crippen molar-refractivity contribution >= 4 is 11.3 Å². The van der Waals surface area contributed by atoms with Crippen LogP contribution in [0.2, 0.25) is 0 Å². The molecule has 0 aliphatic rings. The van der Waals surface area contributed by atoms with Gasteiger partial charge in [0.05, 0.1) is 6.61 Å². The predicted octanol–water partition coefficient (Wildman–Crippen LogP) is 4.04. The van der Waals surface area contributed by atoms with Gasteiger partial charge >= 0.3 is 0 Å². The SMILES string of the molecule is CCNC(C)c1ccc(OCCc2ccsc2)cc1. The van der Waals surface area contributed by atoms with Gasteiger partial charge in [-0.05, 0) is 53.6 Å². The molecule has 1 aromatic carbocycles. The first-order valence-electron chi connectivity index (χ1n) is 6.77. The van der Waals surface area contributed by atoms with Crippen LogP contribution in [-0.2, 0) is 6.42 Å². The Balaban J connectivity index is 1.81. The quantitative estimate of drug-likeness (QED) is 0.823. The molecular weight excluding hydrogens is 254 g/mol. The Morgan fingerprint density at radius 3 is 2.63 bits per heavy atom. The molecule has 1 unspecified atom stereocenters. The van der Waals surface area contributed by atoms with Crippen LogP contribution < -0.4 is 10.1 Å². The summed E-state index contributed by atoms with van der Waals surface area (Å²) in [4.78, 5) is 0. The summed E-state index contributed by atoms with van der Waals surface area (Å²) in [5.41, 5.74) is 2.65. The molecule has 1 atom stereocenters. The van der Waals surface area contributed by atoms with E-state index in [-0.39, 0.29) is 0 Å². The Labute approximate surface area is 119 Å². The van der Waals surface area contributed by atoms with Crippen molar-refractivity contribution in [3.05, 3.63) is 52.2 Å². The molecule has 0 fully saturated rings. The van der Waals surface area contributed by atoms with Gasteiger partial charge in [0.25, 0.3) is 0 Å². The normalized spacial score (nSPS) is 12.3. The van der Waals surface area contributed by atoms with E-state index >= 15 is 0 Å². The first-order chi connectivity index (χ1) is 9.29. The van der Waals surface area contributed by atoms with E-state index in [4.69, 9.17) is 4.74 Å².